The van der Waals surface area contributed by atoms with Crippen LogP contribution in [0.3, 0.4) is 0 Å². The summed E-state index contributed by atoms with van der Waals surface area (Å²) >= 11 is 3.45. The lowest BCUT2D eigenvalue weighted by molar-refractivity contribution is -0.136. The number of hydrogen-bond donors (Lipinski definition) is 0. The highest BCUT2D eigenvalue weighted by molar-refractivity contribution is 9.10. The van der Waals surface area contributed by atoms with Crippen LogP contribution in [0.1, 0.15) is 11.1 Å². The number of hydrogen-bond acceptors (Lipinski definition) is 4. The maximum Gasteiger partial charge on any atom is 0.336 e. The molecule has 1 spiro atoms. The molecule has 0 aromatic heterocycles. The van der Waals surface area contributed by atoms with Gasteiger partial charge in [-0.1, -0.05) is 46.3 Å². The van der Waals surface area contributed by atoms with E-state index in [2.05, 4.69) is 15.9 Å². The summed E-state index contributed by atoms with van der Waals surface area (Å²) in [5.74, 6) is -0.687. The van der Waals surface area contributed by atoms with Crippen molar-refractivity contribution in [1.82, 2.24) is 0 Å². The number of methoxy groups -OCH3 is 1. The molecule has 2 aliphatic heterocycles. The number of epoxide rings is 1. The van der Waals surface area contributed by atoms with Crippen LogP contribution >= 0.6 is 15.9 Å². The topological polar surface area (TPSA) is 59.1 Å². The fourth-order valence-corrected chi connectivity index (χ4v) is 3.82. The molecule has 2 aliphatic rings. The molecule has 26 heavy (non-hydrogen) atoms. The number of likely N-dealkylation sites (N-methyl/N-ethyl adjacent to an activating group) is 1. The van der Waals surface area contributed by atoms with Gasteiger partial charge in [0.1, 0.15) is 6.10 Å². The van der Waals surface area contributed by atoms with Crippen LogP contribution in [0.4, 0.5) is 5.69 Å². The van der Waals surface area contributed by atoms with E-state index >= 15 is 0 Å². The van der Waals surface area contributed by atoms with E-state index in [9.17, 15) is 9.59 Å². The molecule has 2 atom stereocenters. The molecule has 4 rings (SSSR count). The van der Waals surface area contributed by atoms with Crippen molar-refractivity contribution in [3.05, 3.63) is 69.7 Å². The molecule has 2 heterocycles. The number of nitrogens with zero attached hydrogens (tertiary/aromatic N) is 1. The molecule has 1 amide bonds. The molecule has 0 unspecified atom stereocenters. The molecule has 5 nitrogen and oxygen atoms in total. The van der Waals surface area contributed by atoms with E-state index < -0.39 is 17.7 Å². The van der Waals surface area contributed by atoms with Gasteiger partial charge in [-0.05, 0) is 29.8 Å². The predicted molar refractivity (Wildman–Crippen MR) is 101 cm³/mol. The first-order chi connectivity index (χ1) is 12.5. The van der Waals surface area contributed by atoms with E-state index in [-0.39, 0.29) is 5.91 Å². The summed E-state index contributed by atoms with van der Waals surface area (Å²) in [4.78, 5) is 26.9. The van der Waals surface area contributed by atoms with Crippen molar-refractivity contribution in [3.63, 3.8) is 0 Å². The summed E-state index contributed by atoms with van der Waals surface area (Å²) in [5.41, 5.74) is 1.54. The van der Waals surface area contributed by atoms with Gasteiger partial charge in [-0.2, -0.15) is 0 Å². The smallest absolute Gasteiger partial charge is 0.336 e. The Balaban J connectivity index is 1.80. The van der Waals surface area contributed by atoms with Crippen LogP contribution < -0.4 is 4.90 Å². The van der Waals surface area contributed by atoms with E-state index in [1.54, 1.807) is 18.0 Å². The van der Waals surface area contributed by atoms with Gasteiger partial charge >= 0.3 is 5.97 Å². The lowest BCUT2D eigenvalue weighted by atomic mass is 9.92. The number of rotatable bonds is 3. The number of benzene rings is 2. The lowest BCUT2D eigenvalue weighted by Crippen LogP contribution is -2.32. The summed E-state index contributed by atoms with van der Waals surface area (Å²) in [7, 11) is 3.03. The fraction of sp³-hybridized carbons (Fsp3) is 0.200. The summed E-state index contributed by atoms with van der Waals surface area (Å²) in [6.45, 7) is 0. The van der Waals surface area contributed by atoms with Crippen LogP contribution in [0, 0.1) is 0 Å². The van der Waals surface area contributed by atoms with Gasteiger partial charge in [0, 0.05) is 17.1 Å². The van der Waals surface area contributed by atoms with Crippen molar-refractivity contribution in [2.24, 2.45) is 0 Å². The first-order valence-electron chi connectivity index (χ1n) is 8.10. The van der Waals surface area contributed by atoms with Crippen LogP contribution in [0.5, 0.6) is 0 Å². The Labute approximate surface area is 159 Å². The summed E-state index contributed by atoms with van der Waals surface area (Å²) in [6.07, 6.45) is 1.04. The average molecular weight is 414 g/mol. The Morgan fingerprint density at radius 3 is 2.69 bits per heavy atom. The van der Waals surface area contributed by atoms with E-state index in [4.69, 9.17) is 9.47 Å². The second-order valence-electron chi connectivity index (χ2n) is 6.26. The Morgan fingerprint density at radius 1 is 1.27 bits per heavy atom. The largest absolute Gasteiger partial charge is 0.466 e. The minimum atomic E-state index is -1.16. The highest BCUT2D eigenvalue weighted by Gasteiger charge is 2.71. The van der Waals surface area contributed by atoms with Crippen LogP contribution in [0.15, 0.2) is 58.6 Å². The van der Waals surface area contributed by atoms with Crippen molar-refractivity contribution >= 4 is 39.6 Å². The van der Waals surface area contributed by atoms with Crippen molar-refractivity contribution < 1.29 is 19.1 Å². The molecule has 2 aromatic carbocycles. The summed E-state index contributed by atoms with van der Waals surface area (Å²) < 4.78 is 11.7. The first-order valence-corrected chi connectivity index (χ1v) is 8.89. The monoisotopic (exact) mass is 413 g/mol. The van der Waals surface area contributed by atoms with E-state index in [1.165, 1.54) is 7.11 Å². The average Bonchev–Trinajstić information content (AvgIpc) is 3.37. The Kier molecular flexibility index (Phi) is 3.97. The molecule has 0 bridgehead atoms. The third kappa shape index (κ3) is 2.40. The van der Waals surface area contributed by atoms with Crippen molar-refractivity contribution in [2.75, 3.05) is 19.1 Å². The molecule has 1 fully saturated rings. The minimum absolute atomic E-state index is 0.182. The number of carbonyl (C=O) groups is 2. The van der Waals surface area contributed by atoms with Crippen molar-refractivity contribution in [1.29, 1.82) is 0 Å². The van der Waals surface area contributed by atoms with Gasteiger partial charge in [0.05, 0.1) is 18.4 Å². The van der Waals surface area contributed by atoms with Gasteiger partial charge in [0.2, 0.25) is 5.60 Å². The maximum absolute atomic E-state index is 12.9. The maximum atomic E-state index is 12.9. The number of halogens is 1. The molecule has 2 aromatic rings. The van der Waals surface area contributed by atoms with Gasteiger partial charge in [0.15, 0.2) is 0 Å². The highest BCUT2D eigenvalue weighted by Crippen LogP contribution is 2.58. The molecule has 6 heteroatoms. The SMILES string of the molecule is COC(=O)/C(=C/c1ccccc1)[C@H]1O[C@@]12C(=O)N(C)c1ccc(Br)cc12. The quantitative estimate of drug-likeness (QED) is 0.440. The zero-order valence-corrected chi connectivity index (χ0v) is 15.8. The third-order valence-corrected chi connectivity index (χ3v) is 5.28. The van der Waals surface area contributed by atoms with Gasteiger partial charge in [0.25, 0.3) is 5.91 Å². The summed E-state index contributed by atoms with van der Waals surface area (Å²) in [6, 6.07) is 15.0. The van der Waals surface area contributed by atoms with E-state index in [0.717, 1.165) is 21.3 Å². The van der Waals surface area contributed by atoms with Gasteiger partial charge in [-0.25, -0.2) is 4.79 Å². The minimum Gasteiger partial charge on any atom is -0.466 e. The Bertz CT molecular complexity index is 940. The molecule has 0 N–H and O–H groups in total. The first kappa shape index (κ1) is 17.0. The number of esters is 1. The second-order valence-corrected chi connectivity index (χ2v) is 7.18. The highest BCUT2D eigenvalue weighted by atomic mass is 79.9. The molecular weight excluding hydrogens is 398 g/mol. The van der Waals surface area contributed by atoms with Crippen LogP contribution in [-0.4, -0.2) is 32.1 Å². The van der Waals surface area contributed by atoms with Crippen molar-refractivity contribution in [2.45, 2.75) is 11.7 Å². The van der Waals surface area contributed by atoms with E-state index in [0.29, 0.717) is 5.57 Å². The molecular formula is C20H16BrNO4. The number of anilines is 1. The second kappa shape index (κ2) is 6.07. The van der Waals surface area contributed by atoms with E-state index in [1.807, 2.05) is 48.5 Å². The molecule has 132 valence electrons. The molecule has 1 saturated heterocycles. The molecule has 0 radical (unpaired) electrons. The zero-order chi connectivity index (χ0) is 18.5. The number of amides is 1. The van der Waals surface area contributed by atoms with Crippen LogP contribution in [0.25, 0.3) is 6.08 Å². The number of ether oxygens (including phenoxy) is 2. The normalized spacial score (nSPS) is 24.0. The Morgan fingerprint density at radius 2 is 2.00 bits per heavy atom. The van der Waals surface area contributed by atoms with Gasteiger partial charge in [-0.3, -0.25) is 4.79 Å². The third-order valence-electron chi connectivity index (χ3n) is 4.78. The molecule has 0 saturated carbocycles. The molecule has 0 aliphatic carbocycles. The number of fused-ring (bicyclic) bond motifs is 2. The predicted octanol–water partition coefficient (Wildman–Crippen LogP) is 3.28. The number of carbonyl (C=O) groups excluding carboxylic acids is 2. The Hall–Kier alpha value is -2.44. The standard InChI is InChI=1S/C20H16BrNO4/c1-22-16-9-8-13(21)11-15(16)20(19(22)24)17(26-20)14(18(23)25-2)10-12-6-4-3-5-7-12/h3-11,17H,1-2H3/b14-10+/t17-,20-/m1/s1. The fourth-order valence-electron chi connectivity index (χ4n) is 3.46. The lowest BCUT2D eigenvalue weighted by Gasteiger charge is -2.09. The van der Waals surface area contributed by atoms with Crippen molar-refractivity contribution in [3.8, 4) is 0 Å². The van der Waals surface area contributed by atoms with Gasteiger partial charge in [-0.15, -0.1) is 0 Å². The van der Waals surface area contributed by atoms with Crippen LogP contribution in [0.2, 0.25) is 0 Å². The van der Waals surface area contributed by atoms with Gasteiger partial charge < -0.3 is 14.4 Å². The zero-order valence-electron chi connectivity index (χ0n) is 14.2. The summed E-state index contributed by atoms with van der Waals surface area (Å²) in [5, 5.41) is 0. The van der Waals surface area contributed by atoms with Crippen LogP contribution in [-0.2, 0) is 24.7 Å².